The molecule has 1 aliphatic rings. The van der Waals surface area contributed by atoms with Crippen LogP contribution in [0, 0.1) is 0 Å². The maximum Gasteiger partial charge on any atom is 0.323 e. The fraction of sp³-hybridized carbons (Fsp3) is 0.867. The fourth-order valence-corrected chi connectivity index (χ4v) is 2.27. The quantitative estimate of drug-likeness (QED) is 0.703. The van der Waals surface area contributed by atoms with Gasteiger partial charge in [-0.1, -0.05) is 26.7 Å². The lowest BCUT2D eigenvalue weighted by Gasteiger charge is -2.32. The Kier molecular flexibility index (Phi) is 8.30. The van der Waals surface area contributed by atoms with E-state index in [1.54, 1.807) is 4.90 Å². The molecule has 0 aromatic carbocycles. The van der Waals surface area contributed by atoms with Crippen molar-refractivity contribution in [3.05, 3.63) is 0 Å². The van der Waals surface area contributed by atoms with Gasteiger partial charge in [-0.05, 0) is 19.9 Å². The number of piperazine rings is 1. The molecule has 6 heteroatoms. The lowest BCUT2D eigenvalue weighted by molar-refractivity contribution is -0.149. The predicted octanol–water partition coefficient (Wildman–Crippen LogP) is 0.694. The summed E-state index contributed by atoms with van der Waals surface area (Å²) in [6.07, 6.45) is 3.93. The van der Waals surface area contributed by atoms with E-state index < -0.39 is 11.8 Å². The molecule has 0 aromatic rings. The Balaban J connectivity index is 2.46. The van der Waals surface area contributed by atoms with Crippen LogP contribution in [0.25, 0.3) is 0 Å². The summed E-state index contributed by atoms with van der Waals surface area (Å²) >= 11 is 0. The van der Waals surface area contributed by atoms with Crippen molar-refractivity contribution in [1.29, 1.82) is 0 Å². The summed E-state index contributed by atoms with van der Waals surface area (Å²) in [5, 5.41) is 1.85. The minimum atomic E-state index is -0.494. The first-order valence-electron chi connectivity index (χ1n) is 8.11. The number of amides is 2. The Hall–Kier alpha value is -1.14. The van der Waals surface area contributed by atoms with Gasteiger partial charge in [0.1, 0.15) is 0 Å². The number of carbonyl (C=O) groups is 2. The van der Waals surface area contributed by atoms with Gasteiger partial charge in [0.2, 0.25) is 0 Å². The summed E-state index contributed by atoms with van der Waals surface area (Å²) in [6.45, 7) is 8.86. The van der Waals surface area contributed by atoms with Crippen LogP contribution in [0.2, 0.25) is 0 Å². The number of nitrogens with zero attached hydrogens (tertiary/aromatic N) is 3. The first-order valence-corrected chi connectivity index (χ1v) is 8.11. The average molecular weight is 298 g/mol. The summed E-state index contributed by atoms with van der Waals surface area (Å²) in [7, 11) is 2.06. The van der Waals surface area contributed by atoms with Crippen molar-refractivity contribution in [2.75, 3.05) is 46.3 Å². The van der Waals surface area contributed by atoms with Crippen LogP contribution in [0.5, 0.6) is 0 Å². The Bertz CT molecular complexity index is 320. The van der Waals surface area contributed by atoms with Gasteiger partial charge in [-0.3, -0.25) is 15.0 Å². The lowest BCUT2D eigenvalue weighted by atomic mass is 10.2. The van der Waals surface area contributed by atoms with Gasteiger partial charge >= 0.3 is 11.8 Å². The molecule has 21 heavy (non-hydrogen) atoms. The minimum absolute atomic E-state index is 0.393. The number of carbonyl (C=O) groups excluding carboxylic acids is 2. The van der Waals surface area contributed by atoms with E-state index in [1.807, 2.05) is 5.01 Å². The highest BCUT2D eigenvalue weighted by Gasteiger charge is 2.24. The second-order valence-corrected chi connectivity index (χ2v) is 5.73. The van der Waals surface area contributed by atoms with Gasteiger partial charge in [0, 0.05) is 39.3 Å². The highest BCUT2D eigenvalue weighted by molar-refractivity contribution is 6.34. The summed E-state index contributed by atoms with van der Waals surface area (Å²) in [5.74, 6) is -0.886. The minimum Gasteiger partial charge on any atom is -0.334 e. The van der Waals surface area contributed by atoms with Crippen LogP contribution in [0.3, 0.4) is 0 Å². The molecule has 0 spiro atoms. The molecule has 1 aliphatic heterocycles. The summed E-state index contributed by atoms with van der Waals surface area (Å²) < 4.78 is 0. The molecular weight excluding hydrogens is 268 g/mol. The molecule has 0 aromatic heterocycles. The summed E-state index contributed by atoms with van der Waals surface area (Å²) in [6, 6.07) is 0. The summed E-state index contributed by atoms with van der Waals surface area (Å²) in [5.41, 5.74) is 2.75. The van der Waals surface area contributed by atoms with Gasteiger partial charge in [-0.2, -0.15) is 0 Å². The standard InChI is InChI=1S/C15H30N4O2/c1-4-6-8-18(9-7-5-2)15(21)14(20)16-19-12-10-17(3)11-13-19/h4-13H2,1-3H3,(H,16,20). The molecule has 0 aliphatic carbocycles. The Morgan fingerprint density at radius 3 is 2.00 bits per heavy atom. The molecule has 0 unspecified atom stereocenters. The van der Waals surface area contributed by atoms with E-state index in [1.165, 1.54) is 0 Å². The van der Waals surface area contributed by atoms with Gasteiger partial charge < -0.3 is 9.80 Å². The zero-order valence-corrected chi connectivity index (χ0v) is 13.7. The molecular formula is C15H30N4O2. The monoisotopic (exact) mass is 298 g/mol. The van der Waals surface area contributed by atoms with Crippen LogP contribution in [-0.4, -0.2) is 72.9 Å². The maximum atomic E-state index is 12.3. The lowest BCUT2D eigenvalue weighted by Crippen LogP contribution is -2.56. The van der Waals surface area contributed by atoms with E-state index in [-0.39, 0.29) is 0 Å². The van der Waals surface area contributed by atoms with E-state index >= 15 is 0 Å². The van der Waals surface area contributed by atoms with E-state index in [9.17, 15) is 9.59 Å². The van der Waals surface area contributed by atoms with E-state index in [0.717, 1.165) is 51.9 Å². The van der Waals surface area contributed by atoms with Crippen molar-refractivity contribution >= 4 is 11.8 Å². The number of hydrogen-bond acceptors (Lipinski definition) is 4. The Morgan fingerprint density at radius 1 is 1.00 bits per heavy atom. The molecule has 1 rings (SSSR count). The zero-order chi connectivity index (χ0) is 15.7. The Labute approximate surface area is 128 Å². The van der Waals surface area contributed by atoms with Crippen LogP contribution < -0.4 is 5.43 Å². The smallest absolute Gasteiger partial charge is 0.323 e. The van der Waals surface area contributed by atoms with Gasteiger partial charge in [0.25, 0.3) is 0 Å². The molecule has 1 fully saturated rings. The third-order valence-corrected chi connectivity index (χ3v) is 3.81. The van der Waals surface area contributed by atoms with E-state index in [0.29, 0.717) is 13.1 Å². The topological polar surface area (TPSA) is 55.9 Å². The molecule has 1 heterocycles. The van der Waals surface area contributed by atoms with Crippen molar-refractivity contribution in [3.8, 4) is 0 Å². The van der Waals surface area contributed by atoms with Gasteiger partial charge in [-0.25, -0.2) is 5.01 Å². The van der Waals surface area contributed by atoms with Crippen molar-refractivity contribution in [3.63, 3.8) is 0 Å². The molecule has 0 bridgehead atoms. The first kappa shape index (κ1) is 17.9. The van der Waals surface area contributed by atoms with Crippen LogP contribution in [0.15, 0.2) is 0 Å². The molecule has 1 saturated heterocycles. The van der Waals surface area contributed by atoms with Crippen LogP contribution >= 0.6 is 0 Å². The number of hydrazine groups is 1. The second-order valence-electron chi connectivity index (χ2n) is 5.73. The van der Waals surface area contributed by atoms with Gasteiger partial charge in [-0.15, -0.1) is 0 Å². The summed E-state index contributed by atoms with van der Waals surface area (Å²) in [4.78, 5) is 28.3. The molecule has 6 nitrogen and oxygen atoms in total. The van der Waals surface area contributed by atoms with Crippen molar-refractivity contribution < 1.29 is 9.59 Å². The molecule has 0 radical (unpaired) electrons. The normalized spacial score (nSPS) is 16.7. The SMILES string of the molecule is CCCCN(CCCC)C(=O)C(=O)NN1CCN(C)CC1. The van der Waals surface area contributed by atoms with E-state index in [2.05, 4.69) is 31.2 Å². The maximum absolute atomic E-state index is 12.3. The predicted molar refractivity (Wildman–Crippen MR) is 83.6 cm³/mol. The molecule has 122 valence electrons. The van der Waals surface area contributed by atoms with Gasteiger partial charge in [0.15, 0.2) is 0 Å². The average Bonchev–Trinajstić information content (AvgIpc) is 2.49. The zero-order valence-electron chi connectivity index (χ0n) is 13.7. The Morgan fingerprint density at radius 2 is 1.52 bits per heavy atom. The molecule has 0 saturated carbocycles. The fourth-order valence-electron chi connectivity index (χ4n) is 2.27. The third-order valence-electron chi connectivity index (χ3n) is 3.81. The van der Waals surface area contributed by atoms with Crippen molar-refractivity contribution in [2.45, 2.75) is 39.5 Å². The number of unbranched alkanes of at least 4 members (excludes halogenated alkanes) is 2. The first-order chi connectivity index (χ1) is 10.1. The van der Waals surface area contributed by atoms with Crippen LogP contribution in [0.1, 0.15) is 39.5 Å². The van der Waals surface area contributed by atoms with Crippen LogP contribution in [0.4, 0.5) is 0 Å². The van der Waals surface area contributed by atoms with Gasteiger partial charge in [0.05, 0.1) is 0 Å². The van der Waals surface area contributed by atoms with E-state index in [4.69, 9.17) is 0 Å². The number of nitrogens with one attached hydrogen (secondary N) is 1. The number of likely N-dealkylation sites (N-methyl/N-ethyl adjacent to an activating group) is 1. The number of rotatable bonds is 7. The highest BCUT2D eigenvalue weighted by Crippen LogP contribution is 2.01. The molecule has 2 amide bonds. The van der Waals surface area contributed by atoms with Crippen molar-refractivity contribution in [2.24, 2.45) is 0 Å². The highest BCUT2D eigenvalue weighted by atomic mass is 16.2. The third kappa shape index (κ3) is 6.44. The molecule has 0 atom stereocenters. The van der Waals surface area contributed by atoms with Crippen LogP contribution in [-0.2, 0) is 9.59 Å². The largest absolute Gasteiger partial charge is 0.334 e. The molecule has 1 N–H and O–H groups in total. The second kappa shape index (κ2) is 9.73. The van der Waals surface area contributed by atoms with Crippen molar-refractivity contribution in [1.82, 2.24) is 20.2 Å². The number of hydrogen-bond donors (Lipinski definition) is 1.